The Morgan fingerprint density at radius 3 is 2.22 bits per heavy atom. The normalized spacial score (nSPS) is 16.9. The zero-order chi connectivity index (χ0) is 25.8. The second-order valence-electron chi connectivity index (χ2n) is 8.82. The van der Waals surface area contributed by atoms with E-state index in [9.17, 15) is 19.5 Å². The number of aliphatic hydroxyl groups excluding tert-OH is 1. The summed E-state index contributed by atoms with van der Waals surface area (Å²) in [6.45, 7) is 6.20. The number of ether oxygens (including phenoxy) is 1. The highest BCUT2D eigenvalue weighted by atomic mass is 16.5. The number of rotatable bonds is 7. The van der Waals surface area contributed by atoms with E-state index >= 15 is 0 Å². The van der Waals surface area contributed by atoms with Crippen molar-refractivity contribution in [2.24, 2.45) is 0 Å². The summed E-state index contributed by atoms with van der Waals surface area (Å²) in [5.74, 6) is -2.17. The second-order valence-corrected chi connectivity index (χ2v) is 8.82. The molecule has 0 radical (unpaired) electrons. The molecule has 4 rings (SSSR count). The molecule has 1 aliphatic heterocycles. The average Bonchev–Trinajstić information content (AvgIpc) is 3.17. The van der Waals surface area contributed by atoms with E-state index in [4.69, 9.17) is 4.74 Å². The number of hydrogen-bond acceptors (Lipinski definition) is 5. The number of carbonyl (C=O) groups is 3. The Labute approximate surface area is 210 Å². The molecule has 1 N–H and O–H groups in total. The van der Waals surface area contributed by atoms with Crippen LogP contribution in [0.3, 0.4) is 0 Å². The minimum absolute atomic E-state index is 0.0290. The number of nitrogens with zero attached hydrogens (tertiary/aromatic N) is 1. The lowest BCUT2D eigenvalue weighted by Gasteiger charge is -2.26. The summed E-state index contributed by atoms with van der Waals surface area (Å²) in [6.07, 6.45) is 1.56. The zero-order valence-electron chi connectivity index (χ0n) is 20.7. The van der Waals surface area contributed by atoms with E-state index in [2.05, 4.69) is 0 Å². The fourth-order valence-electron chi connectivity index (χ4n) is 4.34. The molecule has 1 atom stereocenters. The standard InChI is InChI=1S/C30H29NO5/c1-4-17-36-30(35)22-13-15-24(16-14-22)31-26(23-8-6-7-19(3)18-23)25(28(33)29(31)34)27(32)21-11-9-20(5-2)10-12-21/h6-16,18,26,32H,4-5,17H2,1-3H3/b27-25+. The van der Waals surface area contributed by atoms with Crippen molar-refractivity contribution in [3.05, 3.63) is 106 Å². The van der Waals surface area contributed by atoms with Crippen LogP contribution in [0.4, 0.5) is 5.69 Å². The minimum atomic E-state index is -0.825. The molecule has 0 spiro atoms. The number of benzene rings is 3. The molecule has 1 unspecified atom stereocenters. The molecule has 184 valence electrons. The van der Waals surface area contributed by atoms with E-state index in [-0.39, 0.29) is 11.3 Å². The predicted molar refractivity (Wildman–Crippen MR) is 139 cm³/mol. The van der Waals surface area contributed by atoms with Gasteiger partial charge in [0.05, 0.1) is 23.8 Å². The Bertz CT molecular complexity index is 1320. The van der Waals surface area contributed by atoms with E-state index < -0.39 is 23.7 Å². The van der Waals surface area contributed by atoms with Gasteiger partial charge in [0, 0.05) is 11.3 Å². The molecule has 0 saturated carbocycles. The lowest BCUT2D eigenvalue weighted by molar-refractivity contribution is -0.132. The van der Waals surface area contributed by atoms with Crippen molar-refractivity contribution in [3.63, 3.8) is 0 Å². The molecule has 3 aromatic carbocycles. The number of aryl methyl sites for hydroxylation is 2. The molecule has 1 aliphatic rings. The van der Waals surface area contributed by atoms with Gasteiger partial charge in [-0.3, -0.25) is 14.5 Å². The maximum atomic E-state index is 13.3. The van der Waals surface area contributed by atoms with E-state index in [0.717, 1.165) is 17.5 Å². The van der Waals surface area contributed by atoms with Crippen LogP contribution in [0, 0.1) is 6.92 Å². The number of Topliss-reactive ketones (excluding diaryl/α,β-unsaturated/α-hetero) is 1. The van der Waals surface area contributed by atoms with Gasteiger partial charge in [-0.15, -0.1) is 0 Å². The molecule has 36 heavy (non-hydrogen) atoms. The Morgan fingerprint density at radius 2 is 1.61 bits per heavy atom. The van der Waals surface area contributed by atoms with Crippen LogP contribution in [0.1, 0.15) is 58.9 Å². The first-order chi connectivity index (χ1) is 17.3. The van der Waals surface area contributed by atoms with Gasteiger partial charge in [0.1, 0.15) is 5.76 Å². The predicted octanol–water partition coefficient (Wildman–Crippen LogP) is 5.75. The van der Waals surface area contributed by atoms with Crippen LogP contribution < -0.4 is 4.90 Å². The lowest BCUT2D eigenvalue weighted by Crippen LogP contribution is -2.29. The van der Waals surface area contributed by atoms with Crippen LogP contribution in [0.2, 0.25) is 0 Å². The highest BCUT2D eigenvalue weighted by molar-refractivity contribution is 6.51. The van der Waals surface area contributed by atoms with Gasteiger partial charge >= 0.3 is 5.97 Å². The van der Waals surface area contributed by atoms with Crippen molar-refractivity contribution >= 4 is 29.1 Å². The Morgan fingerprint density at radius 1 is 0.944 bits per heavy atom. The van der Waals surface area contributed by atoms with Gasteiger partial charge in [-0.1, -0.05) is 67.9 Å². The van der Waals surface area contributed by atoms with Crippen LogP contribution in [-0.4, -0.2) is 29.4 Å². The van der Waals surface area contributed by atoms with Crippen LogP contribution in [0.25, 0.3) is 5.76 Å². The smallest absolute Gasteiger partial charge is 0.338 e. The first kappa shape index (κ1) is 24.9. The van der Waals surface area contributed by atoms with Gasteiger partial charge in [0.2, 0.25) is 0 Å². The number of ketones is 1. The molecule has 6 heteroatoms. The Hall–Kier alpha value is -4.19. The molecule has 0 aliphatic carbocycles. The minimum Gasteiger partial charge on any atom is -0.507 e. The number of hydrogen-bond donors (Lipinski definition) is 1. The fourth-order valence-corrected chi connectivity index (χ4v) is 4.34. The van der Waals surface area contributed by atoms with Crippen molar-refractivity contribution in [3.8, 4) is 0 Å². The average molecular weight is 484 g/mol. The third kappa shape index (κ3) is 4.80. The molecular weight excluding hydrogens is 454 g/mol. The maximum Gasteiger partial charge on any atom is 0.338 e. The van der Waals surface area contributed by atoms with Gasteiger partial charge in [-0.2, -0.15) is 0 Å². The number of esters is 1. The lowest BCUT2D eigenvalue weighted by atomic mass is 9.94. The zero-order valence-corrected chi connectivity index (χ0v) is 20.7. The third-order valence-electron chi connectivity index (χ3n) is 6.26. The molecule has 1 amide bonds. The summed E-state index contributed by atoms with van der Waals surface area (Å²) in [5.41, 5.74) is 4.05. The van der Waals surface area contributed by atoms with Crippen molar-refractivity contribution in [2.45, 2.75) is 39.7 Å². The molecule has 0 aromatic heterocycles. The molecular formula is C30H29NO5. The van der Waals surface area contributed by atoms with E-state index in [1.54, 1.807) is 36.4 Å². The van der Waals surface area contributed by atoms with Crippen LogP contribution in [0.15, 0.2) is 78.4 Å². The van der Waals surface area contributed by atoms with Crippen molar-refractivity contribution in [1.29, 1.82) is 0 Å². The summed E-state index contributed by atoms with van der Waals surface area (Å²) in [6, 6.07) is 20.4. The van der Waals surface area contributed by atoms with Gasteiger partial charge in [0.25, 0.3) is 11.7 Å². The van der Waals surface area contributed by atoms with E-state index in [0.29, 0.717) is 35.4 Å². The maximum absolute atomic E-state index is 13.3. The van der Waals surface area contributed by atoms with Crippen LogP contribution >= 0.6 is 0 Å². The highest BCUT2D eigenvalue weighted by Gasteiger charge is 2.47. The van der Waals surface area contributed by atoms with Crippen molar-refractivity contribution < 1.29 is 24.2 Å². The number of amides is 1. The summed E-state index contributed by atoms with van der Waals surface area (Å²) in [7, 11) is 0. The van der Waals surface area contributed by atoms with Gasteiger partial charge < -0.3 is 9.84 Å². The quantitative estimate of drug-likeness (QED) is 0.200. The van der Waals surface area contributed by atoms with Gasteiger partial charge in [-0.25, -0.2) is 4.79 Å². The Balaban J connectivity index is 1.82. The first-order valence-electron chi connectivity index (χ1n) is 12.1. The van der Waals surface area contributed by atoms with Gasteiger partial charge in [-0.05, 0) is 55.2 Å². The summed E-state index contributed by atoms with van der Waals surface area (Å²) in [5, 5.41) is 11.3. The van der Waals surface area contributed by atoms with Crippen molar-refractivity contribution in [1.82, 2.24) is 0 Å². The third-order valence-corrected chi connectivity index (χ3v) is 6.26. The summed E-state index contributed by atoms with van der Waals surface area (Å²) >= 11 is 0. The second kappa shape index (κ2) is 10.6. The first-order valence-corrected chi connectivity index (χ1v) is 12.1. The van der Waals surface area contributed by atoms with E-state index in [1.807, 2.05) is 57.2 Å². The number of aliphatic hydroxyl groups is 1. The molecule has 3 aromatic rings. The van der Waals surface area contributed by atoms with E-state index in [1.165, 1.54) is 4.90 Å². The van der Waals surface area contributed by atoms with Crippen LogP contribution in [0.5, 0.6) is 0 Å². The van der Waals surface area contributed by atoms with Crippen LogP contribution in [-0.2, 0) is 20.7 Å². The molecule has 1 saturated heterocycles. The molecule has 6 nitrogen and oxygen atoms in total. The monoisotopic (exact) mass is 483 g/mol. The largest absolute Gasteiger partial charge is 0.507 e. The fraction of sp³-hybridized carbons (Fsp3) is 0.233. The highest BCUT2D eigenvalue weighted by Crippen LogP contribution is 2.42. The van der Waals surface area contributed by atoms with Crippen molar-refractivity contribution in [2.75, 3.05) is 11.5 Å². The molecule has 1 fully saturated rings. The summed E-state index contributed by atoms with van der Waals surface area (Å²) < 4.78 is 5.18. The number of carbonyl (C=O) groups excluding carboxylic acids is 3. The topological polar surface area (TPSA) is 83.9 Å². The number of anilines is 1. The Kier molecular flexibility index (Phi) is 7.34. The molecule has 0 bridgehead atoms. The molecule has 1 heterocycles. The van der Waals surface area contributed by atoms with Gasteiger partial charge in [0.15, 0.2) is 0 Å². The summed E-state index contributed by atoms with van der Waals surface area (Å²) in [4.78, 5) is 40.2. The SMILES string of the molecule is CCCOC(=O)c1ccc(N2C(=O)C(=O)/C(=C(/O)c3ccc(CC)cc3)C2c2cccc(C)c2)cc1.